The number of hydrogen-bond acceptors (Lipinski definition) is 5. The van der Waals surface area contributed by atoms with Gasteiger partial charge in [0.2, 0.25) is 0 Å². The number of aromatic amines is 1. The van der Waals surface area contributed by atoms with E-state index in [9.17, 15) is 0 Å². The second-order valence-electron chi connectivity index (χ2n) is 10.5. The number of hydrogen-bond donors (Lipinski definition) is 4. The highest BCUT2D eigenvalue weighted by atomic mass is 35.5. The topological polar surface area (TPSA) is 88.0 Å². The number of nitrogens with zero attached hydrogens (tertiary/aromatic N) is 1. The van der Waals surface area contributed by atoms with Crippen molar-refractivity contribution in [2.75, 3.05) is 25.5 Å². The van der Waals surface area contributed by atoms with E-state index in [1.165, 1.54) is 59.1 Å². The van der Waals surface area contributed by atoms with Crippen molar-refractivity contribution >= 4 is 52.3 Å². The van der Waals surface area contributed by atoms with Crippen LogP contribution in [0.4, 0.5) is 5.69 Å². The predicted molar refractivity (Wildman–Crippen MR) is 169 cm³/mol. The third-order valence-corrected chi connectivity index (χ3v) is 7.68. The van der Waals surface area contributed by atoms with Crippen molar-refractivity contribution in [3.05, 3.63) is 65.5 Å². The summed E-state index contributed by atoms with van der Waals surface area (Å²) >= 11 is 0. The molecule has 0 amide bonds. The number of nitrogens with two attached hydrogens (primary N) is 1. The second kappa shape index (κ2) is 14.8. The minimum absolute atomic E-state index is 0. The van der Waals surface area contributed by atoms with Crippen LogP contribution < -0.4 is 21.1 Å². The van der Waals surface area contributed by atoms with Gasteiger partial charge in [0.05, 0.1) is 12.6 Å². The van der Waals surface area contributed by atoms with Crippen LogP contribution in [0.15, 0.2) is 48.7 Å². The van der Waals surface area contributed by atoms with Crippen LogP contribution in [-0.4, -0.2) is 42.3 Å². The molecule has 8 heteroatoms. The van der Waals surface area contributed by atoms with Crippen molar-refractivity contribution < 1.29 is 4.74 Å². The number of nitrogens with one attached hydrogen (secondary N) is 3. The van der Waals surface area contributed by atoms with Gasteiger partial charge in [0.25, 0.3) is 0 Å². The van der Waals surface area contributed by atoms with Gasteiger partial charge in [-0.1, -0.05) is 38.0 Å². The quantitative estimate of drug-likeness (QED) is 0.154. The van der Waals surface area contributed by atoms with E-state index in [4.69, 9.17) is 15.5 Å². The lowest BCUT2D eigenvalue weighted by Crippen LogP contribution is -2.41. The number of aryl methyl sites for hydroxylation is 1. The molecule has 0 radical (unpaired) electrons. The van der Waals surface area contributed by atoms with Crippen LogP contribution in [0.25, 0.3) is 21.8 Å². The monoisotopic (exact) mass is 571 g/mol. The zero-order valence-corrected chi connectivity index (χ0v) is 24.7. The molecule has 2 unspecified atom stereocenters. The predicted octanol–water partition coefficient (Wildman–Crippen LogP) is 6.58. The molecule has 0 aliphatic heterocycles. The maximum atomic E-state index is 6.57. The van der Waals surface area contributed by atoms with Gasteiger partial charge in [-0.3, -0.25) is 4.98 Å². The van der Waals surface area contributed by atoms with Gasteiger partial charge in [-0.2, -0.15) is 0 Å². The summed E-state index contributed by atoms with van der Waals surface area (Å²) in [6.45, 7) is 3.92. The summed E-state index contributed by atoms with van der Waals surface area (Å²) in [6.07, 6.45) is 11.0. The lowest BCUT2D eigenvalue weighted by molar-refractivity contribution is 0.415. The van der Waals surface area contributed by atoms with Crippen molar-refractivity contribution in [3.63, 3.8) is 0 Å². The van der Waals surface area contributed by atoms with E-state index < -0.39 is 0 Å². The van der Waals surface area contributed by atoms with Crippen molar-refractivity contribution in [1.29, 1.82) is 0 Å². The summed E-state index contributed by atoms with van der Waals surface area (Å²) in [6, 6.07) is 15.1. The van der Waals surface area contributed by atoms with Gasteiger partial charge in [0, 0.05) is 59.0 Å². The van der Waals surface area contributed by atoms with E-state index in [0.29, 0.717) is 6.04 Å². The molecule has 0 saturated carbocycles. The second-order valence-corrected chi connectivity index (χ2v) is 10.5. The summed E-state index contributed by atoms with van der Waals surface area (Å²) in [7, 11) is 1.73. The molecule has 5 rings (SSSR count). The molecular weight excluding hydrogens is 529 g/mol. The number of anilines is 1. The maximum absolute atomic E-state index is 6.57. The van der Waals surface area contributed by atoms with Gasteiger partial charge in [-0.25, -0.2) is 0 Å². The molecule has 0 fully saturated rings. The minimum atomic E-state index is 0. The Morgan fingerprint density at radius 1 is 1.05 bits per heavy atom. The molecule has 6 nitrogen and oxygen atoms in total. The van der Waals surface area contributed by atoms with Crippen LogP contribution in [0.1, 0.15) is 55.8 Å². The summed E-state index contributed by atoms with van der Waals surface area (Å²) in [5.41, 5.74) is 14.0. The summed E-state index contributed by atoms with van der Waals surface area (Å²) in [5.74, 6) is 0.875. The molecule has 4 aromatic rings. The van der Waals surface area contributed by atoms with Crippen LogP contribution in [0.2, 0.25) is 0 Å². The molecule has 5 N–H and O–H groups in total. The molecule has 2 heterocycles. The Balaban J connectivity index is 0.00000210. The Hall–Kier alpha value is -2.51. The van der Waals surface area contributed by atoms with Gasteiger partial charge in [0.1, 0.15) is 5.75 Å². The molecule has 2 atom stereocenters. The molecule has 1 aliphatic carbocycles. The van der Waals surface area contributed by atoms with E-state index in [1.54, 1.807) is 7.11 Å². The van der Waals surface area contributed by atoms with Crippen molar-refractivity contribution in [3.8, 4) is 5.75 Å². The van der Waals surface area contributed by atoms with E-state index in [0.717, 1.165) is 55.4 Å². The Bertz CT molecular complexity index is 1340. The third-order valence-electron chi connectivity index (χ3n) is 7.68. The number of para-hydroxylation sites is 1. The number of benzene rings is 2. The number of pyridine rings is 1. The lowest BCUT2D eigenvalue weighted by Gasteiger charge is -2.27. The molecule has 212 valence electrons. The molecule has 0 spiro atoms. The number of ether oxygens (including phenoxy) is 1. The van der Waals surface area contributed by atoms with E-state index in [2.05, 4.69) is 65.1 Å². The molecule has 1 aliphatic rings. The Kier molecular flexibility index (Phi) is 11.7. The average Bonchev–Trinajstić information content (AvgIpc) is 3.33. The normalized spacial score (nSPS) is 14.2. The number of unbranched alkanes of at least 4 members (excludes halogenated alkanes) is 1. The zero-order chi connectivity index (χ0) is 25.6. The smallest absolute Gasteiger partial charge is 0.119 e. The molecule has 0 bridgehead atoms. The number of rotatable bonds is 12. The molecular formula is C31H43Cl2N5O. The molecule has 39 heavy (non-hydrogen) atoms. The first-order valence-electron chi connectivity index (χ1n) is 13.9. The van der Waals surface area contributed by atoms with Crippen LogP contribution in [0.5, 0.6) is 5.75 Å². The van der Waals surface area contributed by atoms with Crippen molar-refractivity contribution in [2.24, 2.45) is 5.73 Å². The first kappa shape index (κ1) is 31.0. The number of fused-ring (bicyclic) bond motifs is 3. The number of halogens is 2. The van der Waals surface area contributed by atoms with E-state index >= 15 is 0 Å². The highest BCUT2D eigenvalue weighted by Crippen LogP contribution is 2.35. The fourth-order valence-electron chi connectivity index (χ4n) is 5.67. The SMILES string of the molecule is CCCCC(CNCC(N)Cc1c[nH]c2ccccc12)Nc1c2c(nc3ccc(OC)cc13)CCCC2.Cl.Cl. The van der Waals surface area contributed by atoms with Gasteiger partial charge < -0.3 is 26.1 Å². The summed E-state index contributed by atoms with van der Waals surface area (Å²) in [5, 5.41) is 10.1. The molecule has 0 saturated heterocycles. The van der Waals surface area contributed by atoms with Crippen LogP contribution >= 0.6 is 24.8 Å². The minimum Gasteiger partial charge on any atom is -0.497 e. The van der Waals surface area contributed by atoms with Gasteiger partial charge in [0.15, 0.2) is 0 Å². The number of aromatic nitrogens is 2. The highest BCUT2D eigenvalue weighted by molar-refractivity contribution is 5.94. The first-order chi connectivity index (χ1) is 18.2. The number of methoxy groups -OCH3 is 1. The number of H-pyrrole nitrogens is 1. The first-order valence-corrected chi connectivity index (χ1v) is 13.9. The Morgan fingerprint density at radius 2 is 1.87 bits per heavy atom. The highest BCUT2D eigenvalue weighted by Gasteiger charge is 2.21. The zero-order valence-electron chi connectivity index (χ0n) is 23.1. The van der Waals surface area contributed by atoms with Crippen LogP contribution in [0.3, 0.4) is 0 Å². The van der Waals surface area contributed by atoms with Crippen LogP contribution in [0, 0.1) is 0 Å². The summed E-state index contributed by atoms with van der Waals surface area (Å²) < 4.78 is 5.57. The van der Waals surface area contributed by atoms with Crippen LogP contribution in [-0.2, 0) is 19.3 Å². The lowest BCUT2D eigenvalue weighted by atomic mass is 9.92. The van der Waals surface area contributed by atoms with E-state index in [-0.39, 0.29) is 30.9 Å². The van der Waals surface area contributed by atoms with E-state index in [1.807, 2.05) is 6.07 Å². The van der Waals surface area contributed by atoms with Crippen molar-refractivity contribution in [1.82, 2.24) is 15.3 Å². The fourth-order valence-corrected chi connectivity index (χ4v) is 5.67. The van der Waals surface area contributed by atoms with Gasteiger partial charge >= 0.3 is 0 Å². The largest absolute Gasteiger partial charge is 0.497 e. The molecule has 2 aromatic heterocycles. The summed E-state index contributed by atoms with van der Waals surface area (Å²) in [4.78, 5) is 8.40. The Morgan fingerprint density at radius 3 is 2.69 bits per heavy atom. The van der Waals surface area contributed by atoms with Gasteiger partial charge in [-0.05, 0) is 73.9 Å². The van der Waals surface area contributed by atoms with Crippen molar-refractivity contribution in [2.45, 2.75) is 70.4 Å². The third kappa shape index (κ3) is 7.37. The molecule has 2 aromatic carbocycles. The maximum Gasteiger partial charge on any atom is 0.119 e. The average molecular weight is 573 g/mol. The standard InChI is InChI=1S/C31H41N5O.2ClH/c1-3-4-9-23(20-33-19-22(32)16-21-18-34-28-12-7-5-10-25(21)28)35-31-26-11-6-8-13-29(26)36-30-15-14-24(37-2)17-27(30)31;;/h5,7,10,12,14-15,17-18,22-23,33-34H,3-4,6,8-9,11,13,16,19-20,32H2,1-2H3,(H,35,36);2*1H. The Labute approximate surface area is 244 Å². The fraction of sp³-hybridized carbons (Fsp3) is 0.452. The van der Waals surface area contributed by atoms with Gasteiger partial charge in [-0.15, -0.1) is 24.8 Å².